The number of hydrogen-bond donors (Lipinski definition) is 0. The summed E-state index contributed by atoms with van der Waals surface area (Å²) < 4.78 is 43.3. The zero-order valence-electron chi connectivity index (χ0n) is 7.79. The van der Waals surface area contributed by atoms with Crippen molar-refractivity contribution >= 4 is 0 Å². The van der Waals surface area contributed by atoms with Crippen molar-refractivity contribution in [1.29, 1.82) is 0 Å². The van der Waals surface area contributed by atoms with Crippen LogP contribution in [0.4, 0.5) is 13.2 Å². The molecule has 1 aromatic carbocycles. The Hall–Kier alpha value is -1.03. The largest absolute Gasteiger partial charge is 0.394 e. The first-order valence-corrected chi connectivity index (χ1v) is 4.88. The summed E-state index contributed by atoms with van der Waals surface area (Å²) in [6, 6.07) is 7.19. The summed E-state index contributed by atoms with van der Waals surface area (Å²) in [6.45, 7) is 0. The number of halogens is 3. The smallest absolute Gasteiger partial charge is 0.365 e. The van der Waals surface area contributed by atoms with Crippen LogP contribution in [-0.4, -0.2) is 6.18 Å². The Kier molecular flexibility index (Phi) is 1.69. The third-order valence-electron chi connectivity index (χ3n) is 3.21. The average Bonchev–Trinajstić information content (AvgIpc) is 2.74. The summed E-state index contributed by atoms with van der Waals surface area (Å²) >= 11 is 0. The molecule has 80 valence electrons. The van der Waals surface area contributed by atoms with Gasteiger partial charge >= 0.3 is 6.18 Å². The fourth-order valence-corrected chi connectivity index (χ4v) is 2.54. The molecular formula is C11H9F3O. The molecule has 0 saturated carbocycles. The molecule has 0 aliphatic carbocycles. The van der Waals surface area contributed by atoms with Crippen LogP contribution in [0.3, 0.4) is 0 Å². The van der Waals surface area contributed by atoms with E-state index >= 15 is 0 Å². The lowest BCUT2D eigenvalue weighted by Gasteiger charge is -2.23. The van der Waals surface area contributed by atoms with Gasteiger partial charge in [-0.25, -0.2) is 0 Å². The molecule has 1 aromatic rings. The van der Waals surface area contributed by atoms with E-state index in [-0.39, 0.29) is 12.5 Å². The minimum absolute atomic E-state index is 0.0746. The van der Waals surface area contributed by atoms with Gasteiger partial charge in [0.2, 0.25) is 0 Å². The van der Waals surface area contributed by atoms with Gasteiger partial charge in [-0.3, -0.25) is 0 Å². The van der Waals surface area contributed by atoms with Gasteiger partial charge in [0.15, 0.2) is 0 Å². The van der Waals surface area contributed by atoms with Crippen molar-refractivity contribution in [2.24, 2.45) is 5.92 Å². The normalized spacial score (nSPS) is 33.1. The average molecular weight is 214 g/mol. The Morgan fingerprint density at radius 2 is 1.80 bits per heavy atom. The van der Waals surface area contributed by atoms with Gasteiger partial charge in [-0.1, -0.05) is 24.3 Å². The van der Waals surface area contributed by atoms with E-state index in [1.54, 1.807) is 12.1 Å². The molecule has 1 saturated heterocycles. The zero-order chi connectivity index (χ0) is 10.6. The highest BCUT2D eigenvalue weighted by Gasteiger charge is 2.56. The molecule has 2 aliphatic heterocycles. The fraction of sp³-hybridized carbons (Fsp3) is 0.455. The minimum atomic E-state index is -4.15. The predicted octanol–water partition coefficient (Wildman–Crippen LogP) is 3.38. The van der Waals surface area contributed by atoms with Gasteiger partial charge in [-0.2, -0.15) is 13.2 Å². The van der Waals surface area contributed by atoms with Crippen molar-refractivity contribution in [2.75, 3.05) is 0 Å². The molecule has 1 nitrogen and oxygen atoms in total. The Morgan fingerprint density at radius 1 is 1.13 bits per heavy atom. The van der Waals surface area contributed by atoms with Crippen molar-refractivity contribution in [3.63, 3.8) is 0 Å². The van der Waals surface area contributed by atoms with Crippen LogP contribution in [0, 0.1) is 5.92 Å². The Balaban J connectivity index is 2.02. The molecular weight excluding hydrogens is 205 g/mol. The third-order valence-corrected chi connectivity index (χ3v) is 3.21. The number of fused-ring (bicyclic) bond motifs is 5. The summed E-state index contributed by atoms with van der Waals surface area (Å²) in [4.78, 5) is 0. The van der Waals surface area contributed by atoms with Crippen molar-refractivity contribution in [2.45, 2.75) is 24.8 Å². The predicted molar refractivity (Wildman–Crippen MR) is 47.2 cm³/mol. The summed E-state index contributed by atoms with van der Waals surface area (Å²) in [5, 5.41) is 0. The van der Waals surface area contributed by atoms with E-state index in [1.807, 2.05) is 12.1 Å². The number of alkyl halides is 3. The van der Waals surface area contributed by atoms with E-state index in [2.05, 4.69) is 0 Å². The van der Waals surface area contributed by atoms with Gasteiger partial charge in [0, 0.05) is 0 Å². The molecule has 2 aliphatic rings. The maximum absolute atomic E-state index is 12.6. The molecule has 0 amide bonds. The van der Waals surface area contributed by atoms with Crippen molar-refractivity contribution in [3.05, 3.63) is 35.4 Å². The van der Waals surface area contributed by atoms with Crippen molar-refractivity contribution in [3.8, 4) is 0 Å². The Labute approximate surface area is 84.9 Å². The quantitative estimate of drug-likeness (QED) is 0.643. The number of ether oxygens (including phenoxy) is 1. The summed E-state index contributed by atoms with van der Waals surface area (Å²) in [6.07, 6.45) is -5.19. The van der Waals surface area contributed by atoms with Gasteiger partial charge < -0.3 is 4.74 Å². The summed E-state index contributed by atoms with van der Waals surface area (Å²) in [7, 11) is 0. The molecule has 0 radical (unpaired) electrons. The molecule has 15 heavy (non-hydrogen) atoms. The highest BCUT2D eigenvalue weighted by atomic mass is 19.4. The lowest BCUT2D eigenvalue weighted by atomic mass is 9.83. The van der Waals surface area contributed by atoms with Gasteiger partial charge in [-0.05, 0) is 17.5 Å². The van der Waals surface area contributed by atoms with Gasteiger partial charge in [0.1, 0.15) is 0 Å². The third kappa shape index (κ3) is 1.21. The topological polar surface area (TPSA) is 9.23 Å². The first-order chi connectivity index (χ1) is 7.07. The molecule has 1 fully saturated rings. The van der Waals surface area contributed by atoms with Crippen LogP contribution in [0.2, 0.25) is 0 Å². The highest BCUT2D eigenvalue weighted by Crippen LogP contribution is 2.58. The monoisotopic (exact) mass is 214 g/mol. The Bertz CT molecular complexity index is 399. The summed E-state index contributed by atoms with van der Waals surface area (Å²) in [5.74, 6) is -1.32. The molecule has 3 atom stereocenters. The van der Waals surface area contributed by atoms with Gasteiger partial charge in [0.25, 0.3) is 0 Å². The minimum Gasteiger partial charge on any atom is -0.365 e. The second kappa shape index (κ2) is 2.76. The maximum atomic E-state index is 12.6. The van der Waals surface area contributed by atoms with Crippen LogP contribution in [0.1, 0.15) is 29.8 Å². The molecule has 0 spiro atoms. The van der Waals surface area contributed by atoms with E-state index in [1.165, 1.54) is 0 Å². The second-order valence-corrected chi connectivity index (χ2v) is 4.06. The van der Waals surface area contributed by atoms with Crippen molar-refractivity contribution in [1.82, 2.24) is 0 Å². The lowest BCUT2D eigenvalue weighted by molar-refractivity contribution is -0.187. The van der Waals surface area contributed by atoms with Crippen LogP contribution in [0.25, 0.3) is 0 Å². The van der Waals surface area contributed by atoms with Crippen LogP contribution in [-0.2, 0) is 4.74 Å². The maximum Gasteiger partial charge on any atom is 0.394 e. The molecule has 4 heteroatoms. The van der Waals surface area contributed by atoms with E-state index in [0.29, 0.717) is 0 Å². The number of benzene rings is 1. The number of hydrogen-bond acceptors (Lipinski definition) is 1. The van der Waals surface area contributed by atoms with Crippen LogP contribution < -0.4 is 0 Å². The van der Waals surface area contributed by atoms with E-state index in [9.17, 15) is 13.2 Å². The number of rotatable bonds is 0. The second-order valence-electron chi connectivity index (χ2n) is 4.06. The lowest BCUT2D eigenvalue weighted by Crippen LogP contribution is -2.27. The summed E-state index contributed by atoms with van der Waals surface area (Å²) in [5.41, 5.74) is 1.65. The molecule has 0 aromatic heterocycles. The van der Waals surface area contributed by atoms with Gasteiger partial charge in [-0.15, -0.1) is 0 Å². The zero-order valence-corrected chi connectivity index (χ0v) is 7.79. The SMILES string of the molecule is FC(F)(F)C1CC2OC1c1ccccc12. The highest BCUT2D eigenvalue weighted by molar-refractivity contribution is 5.37. The van der Waals surface area contributed by atoms with E-state index < -0.39 is 18.2 Å². The van der Waals surface area contributed by atoms with E-state index in [0.717, 1.165) is 11.1 Å². The van der Waals surface area contributed by atoms with Crippen LogP contribution in [0.5, 0.6) is 0 Å². The first kappa shape index (κ1) is 9.21. The van der Waals surface area contributed by atoms with E-state index in [4.69, 9.17) is 4.74 Å². The van der Waals surface area contributed by atoms with Crippen LogP contribution in [0.15, 0.2) is 24.3 Å². The van der Waals surface area contributed by atoms with Crippen LogP contribution >= 0.6 is 0 Å². The molecule has 2 heterocycles. The molecule has 2 bridgehead atoms. The molecule has 3 unspecified atom stereocenters. The van der Waals surface area contributed by atoms with Gasteiger partial charge in [0.05, 0.1) is 18.1 Å². The molecule has 3 rings (SSSR count). The fourth-order valence-electron chi connectivity index (χ4n) is 2.54. The standard InChI is InChI=1S/C11H9F3O/c12-11(13,14)8-5-9-6-3-1-2-4-7(6)10(8)15-9/h1-4,8-10H,5H2. The molecule has 0 N–H and O–H groups in total. The first-order valence-electron chi connectivity index (χ1n) is 4.88. The Morgan fingerprint density at radius 3 is 2.47 bits per heavy atom. The van der Waals surface area contributed by atoms with Crippen molar-refractivity contribution < 1.29 is 17.9 Å².